The molecular formula is C41H108. The summed E-state index contributed by atoms with van der Waals surface area (Å²) in [5, 5.41) is 0. The van der Waals surface area contributed by atoms with E-state index in [1.54, 1.807) is 6.08 Å². The Bertz CT molecular complexity index is 169. The van der Waals surface area contributed by atoms with Gasteiger partial charge in [-0.25, -0.2) is 0 Å². The monoisotopic (exact) mass is 601 g/mol. The van der Waals surface area contributed by atoms with E-state index in [1.165, 1.54) is 31.3 Å². The maximum Gasteiger partial charge on any atom is -0.0354 e. The molecule has 0 aromatic carbocycles. The second-order valence-electron chi connectivity index (χ2n) is 6.36. The van der Waals surface area contributed by atoms with Crippen LogP contribution in [0.3, 0.4) is 0 Å². The topological polar surface area (TPSA) is 0 Å². The van der Waals surface area contributed by atoms with E-state index >= 15 is 0 Å². The molecule has 0 aliphatic heterocycles. The van der Waals surface area contributed by atoms with Gasteiger partial charge in [-0.05, 0) is 32.3 Å². The predicted octanol–water partition coefficient (Wildman–Crippen LogP) is 19.1. The Balaban J connectivity index is -0.0000000118. The van der Waals surface area contributed by atoms with Crippen LogP contribution in [0.25, 0.3) is 0 Å². The molecule has 0 atom stereocenters. The average molecular weight is 601 g/mol. The molecule has 0 spiro atoms. The molecule has 0 bridgehead atoms. The van der Waals surface area contributed by atoms with Crippen molar-refractivity contribution in [3.63, 3.8) is 0 Å². The van der Waals surface area contributed by atoms with Crippen LogP contribution in [0, 0.1) is 5.92 Å². The molecule has 41 heavy (non-hydrogen) atoms. The second-order valence-corrected chi connectivity index (χ2v) is 6.36. The van der Waals surface area contributed by atoms with E-state index in [-0.39, 0.29) is 14.9 Å². The summed E-state index contributed by atoms with van der Waals surface area (Å²) in [5.41, 5.74) is 3.81. The minimum absolute atomic E-state index is 0. The van der Waals surface area contributed by atoms with Crippen molar-refractivity contribution in [2.24, 2.45) is 5.92 Å². The number of allylic oxidation sites excluding steroid dienone is 2. The number of hydrogen-bond donors (Lipinski definition) is 0. The molecule has 0 aliphatic carbocycles. The van der Waals surface area contributed by atoms with Crippen molar-refractivity contribution in [1.29, 1.82) is 0 Å². The molecule has 0 unspecified atom stereocenters. The summed E-state index contributed by atoms with van der Waals surface area (Å²) in [6.07, 6.45) is 7.88. The van der Waals surface area contributed by atoms with Crippen LogP contribution in [-0.2, 0) is 0 Å². The van der Waals surface area contributed by atoms with Crippen LogP contribution >= 0.6 is 0 Å². The smallest absolute Gasteiger partial charge is 0.0354 e. The van der Waals surface area contributed by atoms with Crippen LogP contribution in [0.4, 0.5) is 0 Å². The van der Waals surface area contributed by atoms with Gasteiger partial charge in [0.05, 0.1) is 0 Å². The fourth-order valence-electron chi connectivity index (χ4n) is 0. The molecule has 0 aromatic heterocycles. The molecule has 0 fully saturated rings. The summed E-state index contributed by atoms with van der Waals surface area (Å²) in [6, 6.07) is 0. The number of rotatable bonds is 1. The maximum absolute atomic E-state index is 3.67. The molecule has 0 heterocycles. The van der Waals surface area contributed by atoms with Gasteiger partial charge in [0.25, 0.3) is 0 Å². The van der Waals surface area contributed by atoms with E-state index in [4.69, 9.17) is 0 Å². The Kier molecular flexibility index (Phi) is 983. The van der Waals surface area contributed by atoms with Gasteiger partial charge in [-0.2, -0.15) is 0 Å². The van der Waals surface area contributed by atoms with Crippen molar-refractivity contribution in [2.45, 2.75) is 241 Å². The van der Waals surface area contributed by atoms with Gasteiger partial charge in [0.15, 0.2) is 0 Å². The largest absolute Gasteiger partial charge is 0.133 e. The van der Waals surface area contributed by atoms with E-state index < -0.39 is 0 Å². The van der Waals surface area contributed by atoms with Crippen LogP contribution in [0.15, 0.2) is 30.5 Å². The van der Waals surface area contributed by atoms with E-state index in [2.05, 4.69) is 102 Å². The lowest BCUT2D eigenvalue weighted by Crippen LogP contribution is -1.66. The zero-order valence-electron chi connectivity index (χ0n) is 35.1. The van der Waals surface area contributed by atoms with Crippen molar-refractivity contribution in [3.05, 3.63) is 30.5 Å². The fraction of sp³-hybridized carbons (Fsp3) is 0.878. The van der Waals surface area contributed by atoms with Crippen LogP contribution in [0.1, 0.15) is 241 Å². The highest BCUT2D eigenvalue weighted by atomic mass is 13.7. The van der Waals surface area contributed by atoms with Gasteiger partial charge in [0, 0.05) is 0 Å². The van der Waals surface area contributed by atoms with E-state index in [1.807, 2.05) is 111 Å². The molecule has 272 valence electrons. The fourth-order valence-corrected chi connectivity index (χ4v) is 0. The van der Waals surface area contributed by atoms with Gasteiger partial charge in [0.2, 0.25) is 0 Å². The molecule has 0 aliphatic rings. The second kappa shape index (κ2) is 382. The molecule has 0 amide bonds. The molecule has 0 aromatic rings. The van der Waals surface area contributed by atoms with Crippen molar-refractivity contribution in [1.82, 2.24) is 0 Å². The molecule has 0 N–H and O–H groups in total. The normalized spacial score (nSPS) is 5.00. The molecule has 0 heteroatoms. The maximum atomic E-state index is 3.67. The van der Waals surface area contributed by atoms with Gasteiger partial charge >= 0.3 is 0 Å². The Morgan fingerprint density at radius 2 is 0.561 bits per heavy atom. The first-order valence-corrected chi connectivity index (χ1v) is 17.5. The lowest BCUT2D eigenvalue weighted by Gasteiger charge is -1.79. The van der Waals surface area contributed by atoms with E-state index in [9.17, 15) is 0 Å². The molecule has 0 saturated carbocycles. The first-order chi connectivity index (χ1) is 18.6. The Labute approximate surface area is 276 Å². The Morgan fingerprint density at radius 1 is 0.512 bits per heavy atom. The van der Waals surface area contributed by atoms with Gasteiger partial charge in [-0.15, -0.1) is 12.3 Å². The summed E-state index contributed by atoms with van der Waals surface area (Å²) < 4.78 is 0. The Morgan fingerprint density at radius 3 is 0.561 bits per heavy atom. The van der Waals surface area contributed by atoms with Crippen molar-refractivity contribution in [3.8, 4) is 0 Å². The highest BCUT2D eigenvalue weighted by molar-refractivity contribution is 4.84. The van der Waals surface area contributed by atoms with Crippen molar-refractivity contribution < 1.29 is 0 Å². The van der Waals surface area contributed by atoms with Gasteiger partial charge in [-0.3, -0.25) is 0 Å². The van der Waals surface area contributed by atoms with Gasteiger partial charge in [-0.1, -0.05) is 233 Å². The lowest BCUT2D eigenvalue weighted by atomic mass is 10.3. The SMILES string of the molecule is C.C.C=C(C)CC.C=C=CC.CC.CC.CC.CC.CC.CC.CC.CC(C)C.CCC.CCC.CCC.CCC. The summed E-state index contributed by atoms with van der Waals surface area (Å²) in [6.45, 7) is 64.5. The first-order valence-electron chi connectivity index (χ1n) is 17.5. The van der Waals surface area contributed by atoms with Crippen molar-refractivity contribution >= 4 is 0 Å². The highest BCUT2D eigenvalue weighted by Crippen LogP contribution is 1.88. The molecule has 0 nitrogen and oxygen atoms in total. The van der Waals surface area contributed by atoms with E-state index in [0.717, 1.165) is 12.3 Å². The standard InChI is InChI=1S/C5H10.C4H10.C4H6.4C3H8.7C2H6.2CH4/c1-4-5(2)3;1-4(2)3;1-3-4-2;4*1-3-2;7*1-2;;/h2,4H2,1,3H3;4H,1-3H3;4H,1H2,2H3;4*3H2,1-2H3;7*1-2H3;2*1H4. The summed E-state index contributed by atoms with van der Waals surface area (Å²) >= 11 is 0. The van der Waals surface area contributed by atoms with Crippen LogP contribution in [0.2, 0.25) is 0 Å². The van der Waals surface area contributed by atoms with Gasteiger partial charge in [0.1, 0.15) is 0 Å². The third kappa shape index (κ3) is 10700. The lowest BCUT2D eigenvalue weighted by molar-refractivity contribution is 0.737. The molecular weight excluding hydrogens is 492 g/mol. The zero-order valence-corrected chi connectivity index (χ0v) is 35.1. The van der Waals surface area contributed by atoms with Crippen LogP contribution in [0.5, 0.6) is 0 Å². The average Bonchev–Trinajstić information content (AvgIpc) is 2.98. The minimum Gasteiger partial charge on any atom is -0.133 e. The third-order valence-corrected chi connectivity index (χ3v) is 0.808. The first kappa shape index (κ1) is 105. The van der Waals surface area contributed by atoms with Gasteiger partial charge < -0.3 is 0 Å². The quantitative estimate of drug-likeness (QED) is 0.207. The predicted molar refractivity (Wildman–Crippen MR) is 222 cm³/mol. The third-order valence-electron chi connectivity index (χ3n) is 0.808. The highest BCUT2D eigenvalue weighted by Gasteiger charge is 1.68. The summed E-state index contributed by atoms with van der Waals surface area (Å²) in [7, 11) is 0. The summed E-state index contributed by atoms with van der Waals surface area (Å²) in [5.74, 6) is 0.833. The molecule has 0 radical (unpaired) electrons. The molecule has 0 saturated heterocycles. The van der Waals surface area contributed by atoms with Crippen LogP contribution < -0.4 is 0 Å². The van der Waals surface area contributed by atoms with E-state index in [0.29, 0.717) is 0 Å². The molecule has 0 rings (SSSR count). The minimum atomic E-state index is 0. The van der Waals surface area contributed by atoms with Crippen LogP contribution in [-0.4, -0.2) is 0 Å². The summed E-state index contributed by atoms with van der Waals surface area (Å²) in [4.78, 5) is 0. The number of hydrogen-bond acceptors (Lipinski definition) is 0. The van der Waals surface area contributed by atoms with Crippen molar-refractivity contribution in [2.75, 3.05) is 0 Å². The zero-order chi connectivity index (χ0) is 36.1. The Hall–Kier alpha value is -0.740.